The molecule has 102 valence electrons. The smallest absolute Gasteiger partial charge is 0.241 e. The maximum Gasteiger partial charge on any atom is 0.241 e. The van der Waals surface area contributed by atoms with Crippen LogP contribution in [0.1, 0.15) is 20.3 Å². The lowest BCUT2D eigenvalue weighted by atomic mass is 9.99. The topological polar surface area (TPSA) is 68.0 Å². The molecule has 2 rings (SSSR count). The molecular formula is C13H16ClN3OS. The number of anilines is 1. The molecule has 0 radical (unpaired) electrons. The molecule has 0 bridgehead atoms. The van der Waals surface area contributed by atoms with Crippen molar-refractivity contribution in [2.45, 2.75) is 26.3 Å². The van der Waals surface area contributed by atoms with E-state index in [1.807, 2.05) is 19.9 Å². The summed E-state index contributed by atoms with van der Waals surface area (Å²) in [5, 5.41) is 3.28. The van der Waals surface area contributed by atoms with Gasteiger partial charge in [0, 0.05) is 0 Å². The molecule has 1 amide bonds. The fourth-order valence-electron chi connectivity index (χ4n) is 1.74. The molecule has 0 aliphatic rings. The van der Waals surface area contributed by atoms with E-state index in [4.69, 9.17) is 17.3 Å². The largest absolute Gasteiger partial charge is 0.322 e. The van der Waals surface area contributed by atoms with Crippen LogP contribution in [0.5, 0.6) is 0 Å². The predicted molar refractivity (Wildman–Crippen MR) is 80.7 cm³/mol. The van der Waals surface area contributed by atoms with Crippen LogP contribution in [0.3, 0.4) is 0 Å². The van der Waals surface area contributed by atoms with E-state index in [9.17, 15) is 4.79 Å². The molecule has 19 heavy (non-hydrogen) atoms. The Hall–Kier alpha value is -1.17. The first-order valence-corrected chi connectivity index (χ1v) is 7.38. The highest BCUT2D eigenvalue weighted by atomic mass is 35.5. The Kier molecular flexibility index (Phi) is 4.39. The molecule has 0 aliphatic heterocycles. The van der Waals surface area contributed by atoms with E-state index in [1.165, 1.54) is 11.3 Å². The van der Waals surface area contributed by atoms with Crippen LogP contribution in [0.2, 0.25) is 5.02 Å². The minimum atomic E-state index is -0.546. The average Bonchev–Trinajstić information content (AvgIpc) is 2.88. The number of hydrogen-bond donors (Lipinski definition) is 2. The van der Waals surface area contributed by atoms with E-state index in [0.29, 0.717) is 16.2 Å². The molecule has 2 aromatic rings. The van der Waals surface area contributed by atoms with Gasteiger partial charge in [0.15, 0.2) is 0 Å². The fourth-order valence-corrected chi connectivity index (χ4v) is 2.63. The van der Waals surface area contributed by atoms with Crippen LogP contribution < -0.4 is 11.1 Å². The fraction of sp³-hybridized carbons (Fsp3) is 0.385. The Morgan fingerprint density at radius 1 is 1.58 bits per heavy atom. The molecule has 1 unspecified atom stereocenters. The standard InChI is InChI=1S/C13H16ClN3OS/c1-3-7(2)10(15)13(18)17-11-8(14)4-5-9-12(11)16-6-19-9/h4-7,10H,3,15H2,1-2H3,(H,17,18)/t7?,10-/m0/s1. The molecule has 1 heterocycles. The number of hydrogen-bond acceptors (Lipinski definition) is 4. The van der Waals surface area contributed by atoms with E-state index in [1.54, 1.807) is 11.6 Å². The lowest BCUT2D eigenvalue weighted by molar-refractivity contribution is -0.118. The number of benzene rings is 1. The van der Waals surface area contributed by atoms with Crippen LogP contribution >= 0.6 is 22.9 Å². The van der Waals surface area contributed by atoms with Crippen LogP contribution in [-0.2, 0) is 4.79 Å². The molecular weight excluding hydrogens is 282 g/mol. The van der Waals surface area contributed by atoms with Crippen molar-refractivity contribution in [3.8, 4) is 0 Å². The summed E-state index contributed by atoms with van der Waals surface area (Å²) < 4.78 is 0.983. The van der Waals surface area contributed by atoms with Crippen molar-refractivity contribution in [1.82, 2.24) is 4.98 Å². The van der Waals surface area contributed by atoms with Gasteiger partial charge in [-0.1, -0.05) is 31.9 Å². The lowest BCUT2D eigenvalue weighted by Crippen LogP contribution is -2.40. The summed E-state index contributed by atoms with van der Waals surface area (Å²) in [6.45, 7) is 3.96. The number of fused-ring (bicyclic) bond motifs is 1. The Morgan fingerprint density at radius 2 is 2.32 bits per heavy atom. The second-order valence-electron chi connectivity index (χ2n) is 4.52. The highest BCUT2D eigenvalue weighted by molar-refractivity contribution is 7.16. The van der Waals surface area contributed by atoms with Gasteiger partial charge in [0.05, 0.1) is 27.0 Å². The molecule has 1 aromatic heterocycles. The zero-order chi connectivity index (χ0) is 14.0. The number of rotatable bonds is 4. The number of carbonyl (C=O) groups excluding carboxylic acids is 1. The summed E-state index contributed by atoms with van der Waals surface area (Å²) in [4.78, 5) is 16.3. The quantitative estimate of drug-likeness (QED) is 0.910. The van der Waals surface area contributed by atoms with Gasteiger partial charge in [-0.3, -0.25) is 4.79 Å². The van der Waals surface area contributed by atoms with Gasteiger partial charge >= 0.3 is 0 Å². The Balaban J connectivity index is 2.28. The normalized spacial score (nSPS) is 14.3. The molecule has 0 saturated carbocycles. The van der Waals surface area contributed by atoms with E-state index in [0.717, 1.165) is 11.1 Å². The monoisotopic (exact) mass is 297 g/mol. The third kappa shape index (κ3) is 2.88. The van der Waals surface area contributed by atoms with Crippen LogP contribution in [0.25, 0.3) is 10.2 Å². The summed E-state index contributed by atoms with van der Waals surface area (Å²) in [6.07, 6.45) is 0.850. The zero-order valence-corrected chi connectivity index (χ0v) is 12.4. The van der Waals surface area contributed by atoms with Gasteiger partial charge in [0.1, 0.15) is 5.52 Å². The molecule has 0 fully saturated rings. The molecule has 1 aromatic carbocycles. The number of halogens is 1. The molecule has 2 atom stereocenters. The van der Waals surface area contributed by atoms with Crippen LogP contribution in [0.15, 0.2) is 17.6 Å². The molecule has 0 spiro atoms. The van der Waals surface area contributed by atoms with Crippen molar-refractivity contribution < 1.29 is 4.79 Å². The third-order valence-corrected chi connectivity index (χ3v) is 4.37. The predicted octanol–water partition coefficient (Wildman–Crippen LogP) is 3.26. The van der Waals surface area contributed by atoms with E-state index in [-0.39, 0.29) is 11.8 Å². The van der Waals surface area contributed by atoms with Crippen LogP contribution in [0, 0.1) is 5.92 Å². The van der Waals surface area contributed by atoms with Crippen molar-refractivity contribution in [2.75, 3.05) is 5.32 Å². The van der Waals surface area contributed by atoms with Gasteiger partial charge in [0.2, 0.25) is 5.91 Å². The number of aromatic nitrogens is 1. The first-order chi connectivity index (χ1) is 9.04. The minimum Gasteiger partial charge on any atom is -0.322 e. The molecule has 4 nitrogen and oxygen atoms in total. The van der Waals surface area contributed by atoms with Gasteiger partial charge < -0.3 is 11.1 Å². The lowest BCUT2D eigenvalue weighted by Gasteiger charge is -2.18. The number of carbonyl (C=O) groups is 1. The van der Waals surface area contributed by atoms with Gasteiger partial charge in [-0.05, 0) is 18.1 Å². The second-order valence-corrected chi connectivity index (χ2v) is 5.82. The Labute approximate surface area is 121 Å². The van der Waals surface area contributed by atoms with Gasteiger partial charge in [0.25, 0.3) is 0 Å². The number of nitrogens with one attached hydrogen (secondary N) is 1. The summed E-state index contributed by atoms with van der Waals surface area (Å²) >= 11 is 7.64. The molecule has 3 N–H and O–H groups in total. The highest BCUT2D eigenvalue weighted by Gasteiger charge is 2.21. The number of amides is 1. The van der Waals surface area contributed by atoms with Crippen molar-refractivity contribution in [1.29, 1.82) is 0 Å². The summed E-state index contributed by atoms with van der Waals surface area (Å²) in [6, 6.07) is 3.10. The third-order valence-electron chi connectivity index (χ3n) is 3.26. The van der Waals surface area contributed by atoms with Crippen LogP contribution in [0.4, 0.5) is 5.69 Å². The molecule has 0 saturated heterocycles. The van der Waals surface area contributed by atoms with Gasteiger partial charge in [-0.2, -0.15) is 0 Å². The van der Waals surface area contributed by atoms with Crippen molar-refractivity contribution in [3.05, 3.63) is 22.7 Å². The highest BCUT2D eigenvalue weighted by Crippen LogP contribution is 2.32. The van der Waals surface area contributed by atoms with Gasteiger partial charge in [-0.25, -0.2) is 4.98 Å². The zero-order valence-electron chi connectivity index (χ0n) is 10.8. The van der Waals surface area contributed by atoms with Crippen molar-refractivity contribution in [3.63, 3.8) is 0 Å². The Morgan fingerprint density at radius 3 is 3.00 bits per heavy atom. The van der Waals surface area contributed by atoms with Crippen molar-refractivity contribution >= 4 is 44.7 Å². The summed E-state index contributed by atoms with van der Waals surface area (Å²) in [7, 11) is 0. The molecule has 0 aliphatic carbocycles. The number of nitrogens with two attached hydrogens (primary N) is 1. The maximum absolute atomic E-state index is 12.1. The van der Waals surface area contributed by atoms with E-state index in [2.05, 4.69) is 10.3 Å². The summed E-state index contributed by atoms with van der Waals surface area (Å²) in [5.41, 5.74) is 8.90. The van der Waals surface area contributed by atoms with E-state index >= 15 is 0 Å². The van der Waals surface area contributed by atoms with Crippen LogP contribution in [-0.4, -0.2) is 16.9 Å². The maximum atomic E-state index is 12.1. The first-order valence-electron chi connectivity index (χ1n) is 6.12. The average molecular weight is 298 g/mol. The minimum absolute atomic E-state index is 0.119. The number of nitrogens with zero attached hydrogens (tertiary/aromatic N) is 1. The first kappa shape index (κ1) is 14.2. The summed E-state index contributed by atoms with van der Waals surface area (Å²) in [5.74, 6) is -0.106. The number of thiazole rings is 1. The second kappa shape index (κ2) is 5.86. The van der Waals surface area contributed by atoms with Gasteiger partial charge in [-0.15, -0.1) is 11.3 Å². The SMILES string of the molecule is CCC(C)[C@H](N)C(=O)Nc1c(Cl)ccc2scnc12. The van der Waals surface area contributed by atoms with E-state index < -0.39 is 6.04 Å². The van der Waals surface area contributed by atoms with Crippen molar-refractivity contribution in [2.24, 2.45) is 11.7 Å². The molecule has 6 heteroatoms. The Bertz CT molecular complexity index is 599.